The van der Waals surface area contributed by atoms with E-state index >= 15 is 0 Å². The summed E-state index contributed by atoms with van der Waals surface area (Å²) in [6.07, 6.45) is 7.96. The Labute approximate surface area is 172 Å². The Balaban J connectivity index is 2.09. The van der Waals surface area contributed by atoms with Gasteiger partial charge in [-0.25, -0.2) is 18.1 Å². The number of carbonyl (C=O) groups is 1. The predicted octanol–water partition coefficient (Wildman–Crippen LogP) is 3.74. The van der Waals surface area contributed by atoms with Crippen LogP contribution < -0.4 is 4.90 Å². The van der Waals surface area contributed by atoms with Crippen LogP contribution in [0.1, 0.15) is 65.2 Å². The average Bonchev–Trinajstić information content (AvgIpc) is 3.25. The number of amidine groups is 1. The quantitative estimate of drug-likeness (QED) is 0.372. The van der Waals surface area contributed by atoms with Gasteiger partial charge >= 0.3 is 6.03 Å². The van der Waals surface area contributed by atoms with Crippen LogP contribution in [0, 0.1) is 0 Å². The van der Waals surface area contributed by atoms with Crippen LogP contribution in [0.3, 0.4) is 0 Å². The Morgan fingerprint density at radius 3 is 2.39 bits per heavy atom. The molecule has 8 nitrogen and oxygen atoms in total. The third kappa shape index (κ3) is 5.97. The van der Waals surface area contributed by atoms with Gasteiger partial charge in [0, 0.05) is 13.6 Å². The first-order chi connectivity index (χ1) is 13.4. The van der Waals surface area contributed by atoms with Crippen molar-refractivity contribution < 1.29 is 13.2 Å². The lowest BCUT2D eigenvalue weighted by Gasteiger charge is -2.11. The zero-order valence-electron chi connectivity index (χ0n) is 17.1. The molecule has 10 heteroatoms. The molecule has 28 heavy (non-hydrogen) atoms. The van der Waals surface area contributed by atoms with Gasteiger partial charge in [0.1, 0.15) is 5.84 Å². The summed E-state index contributed by atoms with van der Waals surface area (Å²) in [6.45, 7) is 5.28. The van der Waals surface area contributed by atoms with Crippen molar-refractivity contribution in [2.24, 2.45) is 4.99 Å². The minimum atomic E-state index is -3.47. The molecule has 0 bridgehead atoms. The first-order valence-corrected chi connectivity index (χ1v) is 12.5. The number of nitrogens with zero attached hydrogens (tertiary/aromatic N) is 5. The Hall–Kier alpha value is -1.55. The van der Waals surface area contributed by atoms with Crippen LogP contribution in [0.5, 0.6) is 0 Å². The minimum absolute atomic E-state index is 0.0244. The molecule has 0 N–H and O–H groups in total. The lowest BCUT2D eigenvalue weighted by molar-refractivity contribution is 0.229. The zero-order valence-corrected chi connectivity index (χ0v) is 18.7. The Morgan fingerprint density at radius 2 is 1.71 bits per heavy atom. The maximum Gasteiger partial charge on any atom is 0.332 e. The van der Waals surface area contributed by atoms with Gasteiger partial charge in [0.25, 0.3) is 0 Å². The van der Waals surface area contributed by atoms with Crippen LogP contribution in [0.15, 0.2) is 9.33 Å². The van der Waals surface area contributed by atoms with E-state index in [1.54, 1.807) is 11.9 Å². The van der Waals surface area contributed by atoms with Crippen LogP contribution in [0.4, 0.5) is 9.93 Å². The first kappa shape index (κ1) is 22.7. The van der Waals surface area contributed by atoms with E-state index in [9.17, 15) is 13.2 Å². The number of urea groups is 1. The highest BCUT2D eigenvalue weighted by molar-refractivity contribution is 7.93. The van der Waals surface area contributed by atoms with Gasteiger partial charge in [-0.05, 0) is 12.8 Å². The van der Waals surface area contributed by atoms with Gasteiger partial charge in [0.05, 0.1) is 12.3 Å². The lowest BCUT2D eigenvalue weighted by Crippen LogP contribution is -2.31. The summed E-state index contributed by atoms with van der Waals surface area (Å²) in [5.41, 5.74) is 0. The smallest absolute Gasteiger partial charge is 0.320 e. The van der Waals surface area contributed by atoms with Crippen LogP contribution in [-0.2, 0) is 9.84 Å². The number of aromatic nitrogens is 2. The summed E-state index contributed by atoms with van der Waals surface area (Å²) in [7, 11) is -1.78. The number of rotatable bonds is 12. The van der Waals surface area contributed by atoms with E-state index in [-0.39, 0.29) is 21.3 Å². The van der Waals surface area contributed by atoms with E-state index in [4.69, 9.17) is 0 Å². The largest absolute Gasteiger partial charge is 0.332 e. The highest BCUT2D eigenvalue weighted by Gasteiger charge is 2.36. The molecule has 1 aliphatic heterocycles. The van der Waals surface area contributed by atoms with E-state index in [1.807, 2.05) is 0 Å². The lowest BCUT2D eigenvalue weighted by atomic mass is 10.2. The number of hydrogen-bond donors (Lipinski definition) is 0. The summed E-state index contributed by atoms with van der Waals surface area (Å²) >= 11 is 0.945. The number of unbranched alkanes of at least 4 members (excludes halogenated alkanes) is 6. The van der Waals surface area contributed by atoms with Crippen molar-refractivity contribution in [3.63, 3.8) is 0 Å². The highest BCUT2D eigenvalue weighted by atomic mass is 32.2. The number of hydrogen-bond acceptors (Lipinski definition) is 7. The fourth-order valence-corrected chi connectivity index (χ4v) is 5.42. The van der Waals surface area contributed by atoms with E-state index in [0.717, 1.165) is 49.9 Å². The Morgan fingerprint density at radius 1 is 1.04 bits per heavy atom. The second kappa shape index (κ2) is 10.8. The molecule has 1 fully saturated rings. The minimum Gasteiger partial charge on any atom is -0.320 e. The van der Waals surface area contributed by atoms with E-state index in [1.165, 1.54) is 11.3 Å². The molecule has 0 spiro atoms. The molecule has 1 aromatic heterocycles. The number of anilines is 1. The summed E-state index contributed by atoms with van der Waals surface area (Å²) < 4.78 is 24.9. The van der Waals surface area contributed by atoms with Gasteiger partial charge in [-0.15, -0.1) is 10.2 Å². The van der Waals surface area contributed by atoms with Crippen LogP contribution in [-0.4, -0.2) is 61.3 Å². The summed E-state index contributed by atoms with van der Waals surface area (Å²) in [6, 6.07) is -0.254. The summed E-state index contributed by atoms with van der Waals surface area (Å²) in [5, 5.41) is 8.12. The van der Waals surface area contributed by atoms with Crippen LogP contribution in [0.2, 0.25) is 0 Å². The highest BCUT2D eigenvalue weighted by Crippen LogP contribution is 2.28. The summed E-state index contributed by atoms with van der Waals surface area (Å²) in [4.78, 5) is 20.0. The molecule has 2 amide bonds. The monoisotopic (exact) mass is 429 g/mol. The maximum absolute atomic E-state index is 12.5. The Kier molecular flexibility index (Phi) is 8.81. The van der Waals surface area contributed by atoms with Crippen molar-refractivity contribution in [2.45, 2.75) is 69.6 Å². The molecule has 0 unspecified atom stereocenters. The van der Waals surface area contributed by atoms with Crippen LogP contribution >= 0.6 is 11.3 Å². The van der Waals surface area contributed by atoms with Crippen molar-refractivity contribution in [2.75, 3.05) is 30.8 Å². The van der Waals surface area contributed by atoms with Crippen molar-refractivity contribution in [1.29, 1.82) is 0 Å². The second-order valence-corrected chi connectivity index (χ2v) is 10.3. The molecular formula is C18H31N5O3S2. The number of likely N-dealkylation sites (N-methyl/N-ethyl adjacent to an activating group) is 1. The molecule has 158 valence electrons. The average molecular weight is 430 g/mol. The number of amides is 2. The number of aliphatic imine (C=N–C) groups is 1. The van der Waals surface area contributed by atoms with Gasteiger partial charge in [-0.2, -0.15) is 0 Å². The fraction of sp³-hybridized carbons (Fsp3) is 0.778. The van der Waals surface area contributed by atoms with E-state index in [2.05, 4.69) is 29.0 Å². The van der Waals surface area contributed by atoms with Crippen molar-refractivity contribution in [1.82, 2.24) is 15.1 Å². The molecule has 1 aliphatic rings. The fourth-order valence-electron chi connectivity index (χ4n) is 2.92. The van der Waals surface area contributed by atoms with E-state index < -0.39 is 9.84 Å². The van der Waals surface area contributed by atoms with Gasteiger partial charge in [-0.1, -0.05) is 63.7 Å². The zero-order chi connectivity index (χ0) is 20.6. The molecule has 1 aromatic rings. The van der Waals surface area contributed by atoms with Gasteiger partial charge in [-0.3, -0.25) is 4.99 Å². The molecule has 0 aliphatic carbocycles. The standard InChI is InChI=1S/C18H31N5O3S2/c1-4-6-8-10-12-19-15-14-22(3)18(24)23(15)16-20-21-17(27-16)28(25,26)13-11-9-7-5-2/h4-14H2,1-3H3. The first-order valence-electron chi connectivity index (χ1n) is 10.1. The van der Waals surface area contributed by atoms with Crippen molar-refractivity contribution >= 4 is 38.2 Å². The van der Waals surface area contributed by atoms with E-state index in [0.29, 0.717) is 25.3 Å². The normalized spacial score (nSPS) is 16.5. The molecule has 0 radical (unpaired) electrons. The SMILES string of the molecule is CCCCCCN=C1CN(C)C(=O)N1c1nnc(S(=O)(=O)CCCCCC)s1. The molecular weight excluding hydrogens is 398 g/mol. The maximum atomic E-state index is 12.5. The number of carbonyl (C=O) groups excluding carboxylic acids is 1. The van der Waals surface area contributed by atoms with Crippen LogP contribution in [0.25, 0.3) is 0 Å². The topological polar surface area (TPSA) is 95.8 Å². The molecule has 0 atom stereocenters. The predicted molar refractivity (Wildman–Crippen MR) is 113 cm³/mol. The van der Waals surface area contributed by atoms with Crippen molar-refractivity contribution in [3.8, 4) is 0 Å². The second-order valence-electron chi connectivity index (χ2n) is 7.06. The molecule has 0 aromatic carbocycles. The molecule has 2 heterocycles. The van der Waals surface area contributed by atoms with Gasteiger partial charge < -0.3 is 4.90 Å². The molecule has 0 saturated carbocycles. The van der Waals surface area contributed by atoms with Crippen molar-refractivity contribution in [3.05, 3.63) is 0 Å². The molecule has 2 rings (SSSR count). The van der Waals surface area contributed by atoms with Gasteiger partial charge in [0.2, 0.25) is 19.3 Å². The number of sulfone groups is 1. The Bertz CT molecular complexity index is 776. The molecule has 1 saturated heterocycles. The third-order valence-electron chi connectivity index (χ3n) is 4.58. The summed E-state index contributed by atoms with van der Waals surface area (Å²) in [5.74, 6) is 0.667. The third-order valence-corrected chi connectivity index (χ3v) is 7.74. The van der Waals surface area contributed by atoms with Gasteiger partial charge in [0.15, 0.2) is 0 Å².